The number of carbonyl (C=O) groups excluding carboxylic acids is 1. The lowest BCUT2D eigenvalue weighted by atomic mass is 9.97. The molecular formula is C17H24N4OS. The van der Waals surface area contributed by atoms with Crippen LogP contribution in [0.3, 0.4) is 0 Å². The third kappa shape index (κ3) is 3.42. The molecule has 2 N–H and O–H groups in total. The van der Waals surface area contributed by atoms with Crippen molar-refractivity contribution in [3.63, 3.8) is 0 Å². The fraction of sp³-hybridized carbons (Fsp3) is 0.529. The van der Waals surface area contributed by atoms with E-state index < -0.39 is 0 Å². The van der Waals surface area contributed by atoms with E-state index in [0.717, 1.165) is 44.7 Å². The van der Waals surface area contributed by atoms with Crippen molar-refractivity contribution in [2.24, 2.45) is 0 Å². The van der Waals surface area contributed by atoms with E-state index in [1.807, 2.05) is 16.5 Å². The van der Waals surface area contributed by atoms with Crippen LogP contribution < -0.4 is 5.73 Å². The van der Waals surface area contributed by atoms with Crippen LogP contribution in [0.1, 0.15) is 54.0 Å². The van der Waals surface area contributed by atoms with Crippen molar-refractivity contribution >= 4 is 22.9 Å². The molecule has 2 aromatic heterocycles. The third-order valence-electron chi connectivity index (χ3n) is 4.46. The summed E-state index contributed by atoms with van der Waals surface area (Å²) in [6.07, 6.45) is 8.37. The number of likely N-dealkylation sites (tertiary alicyclic amines) is 1. The van der Waals surface area contributed by atoms with Crippen LogP contribution in [0, 0.1) is 0 Å². The highest BCUT2D eigenvalue weighted by Crippen LogP contribution is 2.29. The molecule has 1 amide bonds. The summed E-state index contributed by atoms with van der Waals surface area (Å²) in [5.41, 5.74) is 6.49. The molecule has 2 aromatic rings. The Labute approximate surface area is 141 Å². The summed E-state index contributed by atoms with van der Waals surface area (Å²) >= 11 is 1.43. The van der Waals surface area contributed by atoms with Crippen LogP contribution in [0.5, 0.6) is 0 Å². The van der Waals surface area contributed by atoms with Gasteiger partial charge in [-0.2, -0.15) is 0 Å². The first-order valence-corrected chi connectivity index (χ1v) is 9.22. The van der Waals surface area contributed by atoms with Gasteiger partial charge in [-0.15, -0.1) is 11.3 Å². The Kier molecular flexibility index (Phi) is 5.00. The quantitative estimate of drug-likeness (QED) is 0.913. The van der Waals surface area contributed by atoms with E-state index in [2.05, 4.69) is 22.7 Å². The van der Waals surface area contributed by atoms with Crippen LogP contribution >= 0.6 is 11.3 Å². The first-order valence-electron chi connectivity index (χ1n) is 8.34. The molecule has 23 heavy (non-hydrogen) atoms. The first-order chi connectivity index (χ1) is 11.2. The van der Waals surface area contributed by atoms with E-state index in [9.17, 15) is 4.79 Å². The molecule has 1 saturated heterocycles. The van der Waals surface area contributed by atoms with Gasteiger partial charge in [-0.1, -0.05) is 13.3 Å². The van der Waals surface area contributed by atoms with Gasteiger partial charge in [0.15, 0.2) is 0 Å². The van der Waals surface area contributed by atoms with E-state index in [0.29, 0.717) is 16.5 Å². The SMILES string of the molecule is CCCCn1ccnc1[C@H]1CCCN(C(=O)c2sccc2N)C1. The molecule has 1 aliphatic heterocycles. The van der Waals surface area contributed by atoms with Crippen molar-refractivity contribution in [3.8, 4) is 0 Å². The summed E-state index contributed by atoms with van der Waals surface area (Å²) in [7, 11) is 0. The minimum atomic E-state index is 0.0638. The highest BCUT2D eigenvalue weighted by molar-refractivity contribution is 7.12. The van der Waals surface area contributed by atoms with Gasteiger partial charge >= 0.3 is 0 Å². The molecule has 3 rings (SSSR count). The molecule has 1 fully saturated rings. The molecule has 1 aliphatic rings. The number of imidazole rings is 1. The summed E-state index contributed by atoms with van der Waals surface area (Å²) in [4.78, 5) is 19.9. The fourth-order valence-electron chi connectivity index (χ4n) is 3.21. The Morgan fingerprint density at radius 3 is 3.13 bits per heavy atom. The van der Waals surface area contributed by atoms with E-state index in [-0.39, 0.29) is 5.91 Å². The number of amides is 1. The molecule has 0 aromatic carbocycles. The number of thiophene rings is 1. The third-order valence-corrected chi connectivity index (χ3v) is 5.38. The molecule has 0 unspecified atom stereocenters. The smallest absolute Gasteiger partial charge is 0.266 e. The van der Waals surface area contributed by atoms with Gasteiger partial charge in [0.2, 0.25) is 0 Å². The Morgan fingerprint density at radius 1 is 1.52 bits per heavy atom. The second kappa shape index (κ2) is 7.17. The number of nitrogen functional groups attached to an aromatic ring is 1. The van der Waals surface area contributed by atoms with Crippen molar-refractivity contribution in [2.45, 2.75) is 45.1 Å². The summed E-state index contributed by atoms with van der Waals surface area (Å²) in [5, 5.41) is 1.88. The van der Waals surface area contributed by atoms with Gasteiger partial charge in [-0.3, -0.25) is 4.79 Å². The molecule has 0 radical (unpaired) electrons. The molecule has 6 heteroatoms. The number of aromatic nitrogens is 2. The lowest BCUT2D eigenvalue weighted by Gasteiger charge is -2.32. The number of nitrogens with two attached hydrogens (primary N) is 1. The first kappa shape index (κ1) is 16.1. The van der Waals surface area contributed by atoms with E-state index >= 15 is 0 Å². The van der Waals surface area contributed by atoms with Gasteiger partial charge in [0, 0.05) is 37.9 Å². The standard InChI is InChI=1S/C17H24N4OS/c1-2-3-8-20-10-7-19-16(20)13-5-4-9-21(12-13)17(22)15-14(18)6-11-23-15/h6-7,10-11,13H,2-5,8-9,12,18H2,1H3/t13-/m0/s1. The number of carbonyl (C=O) groups is 1. The number of aryl methyl sites for hydroxylation is 1. The van der Waals surface area contributed by atoms with Gasteiger partial charge in [-0.05, 0) is 30.7 Å². The minimum absolute atomic E-state index is 0.0638. The van der Waals surface area contributed by atoms with Gasteiger partial charge in [0.25, 0.3) is 5.91 Å². The topological polar surface area (TPSA) is 64.2 Å². The Balaban J connectivity index is 1.72. The number of unbranched alkanes of at least 4 members (excludes halogenated alkanes) is 1. The van der Waals surface area contributed by atoms with Gasteiger partial charge in [0.05, 0.1) is 5.69 Å². The van der Waals surface area contributed by atoms with Crippen LogP contribution in [0.15, 0.2) is 23.8 Å². The number of hydrogen-bond donors (Lipinski definition) is 1. The van der Waals surface area contributed by atoms with Crippen molar-refractivity contribution in [2.75, 3.05) is 18.8 Å². The largest absolute Gasteiger partial charge is 0.397 e. The second-order valence-corrected chi connectivity index (χ2v) is 7.04. The molecule has 5 nitrogen and oxygen atoms in total. The number of nitrogens with zero attached hydrogens (tertiary/aromatic N) is 3. The monoisotopic (exact) mass is 332 g/mol. The summed E-state index contributed by atoms with van der Waals surface area (Å²) in [6.45, 7) is 4.75. The lowest BCUT2D eigenvalue weighted by Crippen LogP contribution is -2.39. The molecule has 0 saturated carbocycles. The summed E-state index contributed by atoms with van der Waals surface area (Å²) in [5.74, 6) is 1.50. The van der Waals surface area contributed by atoms with Crippen molar-refractivity contribution in [3.05, 3.63) is 34.5 Å². The average Bonchev–Trinajstić information content (AvgIpc) is 3.21. The zero-order valence-corrected chi connectivity index (χ0v) is 14.4. The predicted octanol–water partition coefficient (Wildman–Crippen LogP) is 3.35. The molecule has 0 spiro atoms. The normalized spacial score (nSPS) is 18.3. The van der Waals surface area contributed by atoms with E-state index in [4.69, 9.17) is 5.73 Å². The second-order valence-electron chi connectivity index (χ2n) is 6.13. The van der Waals surface area contributed by atoms with Crippen LogP contribution in [0.25, 0.3) is 0 Å². The summed E-state index contributed by atoms with van der Waals surface area (Å²) < 4.78 is 2.25. The highest BCUT2D eigenvalue weighted by Gasteiger charge is 2.29. The van der Waals surface area contributed by atoms with Crippen LogP contribution in [-0.4, -0.2) is 33.4 Å². The average molecular weight is 332 g/mol. The van der Waals surface area contributed by atoms with Gasteiger partial charge < -0.3 is 15.2 Å². The molecule has 124 valence electrons. The van der Waals surface area contributed by atoms with Crippen LogP contribution in [0.2, 0.25) is 0 Å². The maximum atomic E-state index is 12.7. The maximum absolute atomic E-state index is 12.7. The minimum Gasteiger partial charge on any atom is -0.397 e. The molecule has 0 aliphatic carbocycles. The predicted molar refractivity (Wildman–Crippen MR) is 93.7 cm³/mol. The molecule has 3 heterocycles. The molecule has 0 bridgehead atoms. The highest BCUT2D eigenvalue weighted by atomic mass is 32.1. The zero-order chi connectivity index (χ0) is 16.2. The number of hydrogen-bond acceptors (Lipinski definition) is 4. The van der Waals surface area contributed by atoms with Crippen LogP contribution in [-0.2, 0) is 6.54 Å². The van der Waals surface area contributed by atoms with E-state index in [1.54, 1.807) is 6.07 Å². The van der Waals surface area contributed by atoms with Gasteiger partial charge in [-0.25, -0.2) is 4.98 Å². The Bertz CT molecular complexity index is 663. The number of anilines is 1. The number of rotatable bonds is 5. The number of piperidine rings is 1. The van der Waals surface area contributed by atoms with Crippen molar-refractivity contribution in [1.82, 2.24) is 14.5 Å². The van der Waals surface area contributed by atoms with E-state index in [1.165, 1.54) is 17.8 Å². The lowest BCUT2D eigenvalue weighted by molar-refractivity contribution is 0.0709. The Morgan fingerprint density at radius 2 is 2.39 bits per heavy atom. The van der Waals surface area contributed by atoms with Crippen molar-refractivity contribution in [1.29, 1.82) is 0 Å². The zero-order valence-electron chi connectivity index (χ0n) is 13.6. The maximum Gasteiger partial charge on any atom is 0.266 e. The Hall–Kier alpha value is -1.82. The van der Waals surface area contributed by atoms with Gasteiger partial charge in [0.1, 0.15) is 10.7 Å². The molecular weight excluding hydrogens is 308 g/mol. The molecule has 1 atom stereocenters. The fourth-order valence-corrected chi connectivity index (χ4v) is 3.99. The van der Waals surface area contributed by atoms with Crippen molar-refractivity contribution < 1.29 is 4.79 Å². The summed E-state index contributed by atoms with van der Waals surface area (Å²) in [6, 6.07) is 1.80. The van der Waals surface area contributed by atoms with Crippen LogP contribution in [0.4, 0.5) is 5.69 Å².